The fourth-order valence-corrected chi connectivity index (χ4v) is 2.27. The maximum atomic E-state index is 10.4. The van der Waals surface area contributed by atoms with Crippen LogP contribution in [-0.4, -0.2) is 19.9 Å². The second-order valence-corrected chi connectivity index (χ2v) is 4.92. The van der Waals surface area contributed by atoms with Crippen molar-refractivity contribution in [2.75, 3.05) is 5.73 Å². The lowest BCUT2D eigenvalue weighted by molar-refractivity contribution is 0.221. The molecule has 102 valence electrons. The highest BCUT2D eigenvalue weighted by atomic mass is 16.3. The van der Waals surface area contributed by atoms with E-state index >= 15 is 0 Å². The van der Waals surface area contributed by atoms with Gasteiger partial charge in [-0.3, -0.25) is 9.67 Å². The summed E-state index contributed by atoms with van der Waals surface area (Å²) in [5.41, 5.74) is 9.19. The number of hydrogen-bond donors (Lipinski definition) is 2. The lowest BCUT2D eigenvalue weighted by Gasteiger charge is -2.11. The zero-order chi connectivity index (χ0) is 14.3. The van der Waals surface area contributed by atoms with E-state index in [-0.39, 0.29) is 0 Å². The predicted molar refractivity (Wildman–Crippen MR) is 78.2 cm³/mol. The minimum absolute atomic E-state index is 0.472. The van der Waals surface area contributed by atoms with Crippen LogP contribution >= 0.6 is 0 Å². The molecule has 0 radical (unpaired) electrons. The highest BCUT2D eigenvalue weighted by Crippen LogP contribution is 2.28. The van der Waals surface area contributed by atoms with E-state index < -0.39 is 6.10 Å². The molecule has 3 rings (SSSR count). The molecule has 5 heteroatoms. The lowest BCUT2D eigenvalue weighted by atomic mass is 10.0. The number of nitrogens with zero attached hydrogens (tertiary/aromatic N) is 3. The van der Waals surface area contributed by atoms with Crippen molar-refractivity contribution >= 4 is 16.7 Å². The number of aromatic nitrogens is 3. The molecule has 0 aliphatic carbocycles. The van der Waals surface area contributed by atoms with Gasteiger partial charge >= 0.3 is 0 Å². The van der Waals surface area contributed by atoms with Gasteiger partial charge in [-0.2, -0.15) is 5.10 Å². The summed E-state index contributed by atoms with van der Waals surface area (Å²) in [7, 11) is 1.75. The largest absolute Gasteiger partial charge is 0.384 e. The van der Waals surface area contributed by atoms with Gasteiger partial charge in [0.1, 0.15) is 11.9 Å². The first-order chi connectivity index (χ1) is 9.56. The van der Waals surface area contributed by atoms with Crippen LogP contribution < -0.4 is 5.73 Å². The number of benzene rings is 1. The van der Waals surface area contributed by atoms with E-state index in [9.17, 15) is 5.11 Å². The van der Waals surface area contributed by atoms with Gasteiger partial charge in [-0.15, -0.1) is 0 Å². The van der Waals surface area contributed by atoms with Crippen LogP contribution in [0.3, 0.4) is 0 Å². The highest BCUT2D eigenvalue weighted by Gasteiger charge is 2.17. The Balaban J connectivity index is 2.05. The Morgan fingerprint density at radius 2 is 2.05 bits per heavy atom. The van der Waals surface area contributed by atoms with Gasteiger partial charge < -0.3 is 10.8 Å². The van der Waals surface area contributed by atoms with E-state index in [2.05, 4.69) is 10.1 Å². The topological polar surface area (TPSA) is 77.0 Å². The summed E-state index contributed by atoms with van der Waals surface area (Å²) in [6, 6.07) is 9.66. The smallest absolute Gasteiger partial charge is 0.127 e. The van der Waals surface area contributed by atoms with Crippen LogP contribution in [0, 0.1) is 6.92 Å². The molecule has 20 heavy (non-hydrogen) atoms. The van der Waals surface area contributed by atoms with E-state index in [4.69, 9.17) is 5.73 Å². The molecule has 0 spiro atoms. The lowest BCUT2D eigenvalue weighted by Crippen LogP contribution is -2.04. The number of aliphatic hydroxyl groups excluding tert-OH is 1. The van der Waals surface area contributed by atoms with E-state index in [1.165, 1.54) is 0 Å². The quantitative estimate of drug-likeness (QED) is 0.744. The molecule has 0 aliphatic rings. The number of nitrogens with two attached hydrogens (primary N) is 1. The Morgan fingerprint density at radius 1 is 1.25 bits per heavy atom. The van der Waals surface area contributed by atoms with Crippen molar-refractivity contribution in [3.05, 3.63) is 53.3 Å². The monoisotopic (exact) mass is 268 g/mol. The van der Waals surface area contributed by atoms with Crippen LogP contribution in [0.25, 0.3) is 10.9 Å². The van der Waals surface area contributed by atoms with Crippen molar-refractivity contribution in [1.82, 2.24) is 14.8 Å². The Morgan fingerprint density at radius 3 is 2.75 bits per heavy atom. The summed E-state index contributed by atoms with van der Waals surface area (Å²) < 4.78 is 1.55. The van der Waals surface area contributed by atoms with Crippen molar-refractivity contribution < 1.29 is 5.11 Å². The first-order valence-corrected chi connectivity index (χ1v) is 6.39. The zero-order valence-electron chi connectivity index (χ0n) is 11.4. The number of rotatable bonds is 2. The number of aryl methyl sites for hydroxylation is 2. The molecular weight excluding hydrogens is 252 g/mol. The third-order valence-electron chi connectivity index (χ3n) is 3.48. The van der Waals surface area contributed by atoms with Crippen molar-refractivity contribution in [2.45, 2.75) is 13.0 Å². The second-order valence-electron chi connectivity index (χ2n) is 4.92. The van der Waals surface area contributed by atoms with Gasteiger partial charge in [-0.1, -0.05) is 12.1 Å². The molecule has 0 aliphatic heterocycles. The molecule has 1 atom stereocenters. The average molecular weight is 268 g/mol. The van der Waals surface area contributed by atoms with E-state index in [1.54, 1.807) is 17.9 Å². The number of nitrogen functional groups attached to an aromatic ring is 1. The van der Waals surface area contributed by atoms with Crippen LogP contribution in [-0.2, 0) is 7.05 Å². The Kier molecular flexibility index (Phi) is 2.91. The van der Waals surface area contributed by atoms with Crippen LogP contribution in [0.4, 0.5) is 5.82 Å². The van der Waals surface area contributed by atoms with E-state index in [0.717, 1.165) is 22.2 Å². The van der Waals surface area contributed by atoms with Crippen LogP contribution in [0.1, 0.15) is 22.9 Å². The van der Waals surface area contributed by atoms with Gasteiger partial charge in [0.15, 0.2) is 0 Å². The minimum atomic E-state index is -0.783. The summed E-state index contributed by atoms with van der Waals surface area (Å²) in [6.45, 7) is 1.96. The summed E-state index contributed by atoms with van der Waals surface area (Å²) in [5.74, 6) is 0.472. The second kappa shape index (κ2) is 4.61. The summed E-state index contributed by atoms with van der Waals surface area (Å²) >= 11 is 0. The van der Waals surface area contributed by atoms with Crippen molar-refractivity contribution in [3.63, 3.8) is 0 Å². The third kappa shape index (κ3) is 2.02. The van der Waals surface area contributed by atoms with Crippen LogP contribution in [0.5, 0.6) is 0 Å². The molecule has 3 N–H and O–H groups in total. The van der Waals surface area contributed by atoms with Crippen molar-refractivity contribution in [3.8, 4) is 0 Å². The zero-order valence-corrected chi connectivity index (χ0v) is 11.4. The normalized spacial score (nSPS) is 12.8. The Hall–Kier alpha value is -2.40. The fourth-order valence-electron chi connectivity index (χ4n) is 2.27. The molecule has 2 heterocycles. The minimum Gasteiger partial charge on any atom is -0.384 e. The molecule has 0 bridgehead atoms. The molecule has 2 aromatic heterocycles. The van der Waals surface area contributed by atoms with Crippen molar-refractivity contribution in [1.29, 1.82) is 0 Å². The molecule has 0 fully saturated rings. The van der Waals surface area contributed by atoms with Crippen LogP contribution in [0.15, 0.2) is 36.5 Å². The van der Waals surface area contributed by atoms with Crippen molar-refractivity contribution in [2.24, 2.45) is 7.05 Å². The fraction of sp³-hybridized carbons (Fsp3) is 0.200. The standard InChI is InChI=1S/C15H16N4O/c1-9-3-4-10-7-11(5-6-13(10)18-9)14(20)12-8-17-19(2)15(12)16/h3-8,14,20H,16H2,1-2H3. The molecule has 0 saturated heterocycles. The SMILES string of the molecule is Cc1ccc2cc(C(O)c3cnn(C)c3N)ccc2n1. The first-order valence-electron chi connectivity index (χ1n) is 6.39. The molecule has 5 nitrogen and oxygen atoms in total. The van der Waals surface area contributed by atoms with Crippen LogP contribution in [0.2, 0.25) is 0 Å². The summed E-state index contributed by atoms with van der Waals surface area (Å²) in [6.07, 6.45) is 0.812. The average Bonchev–Trinajstić information content (AvgIpc) is 2.77. The molecular formula is C15H16N4O. The molecule has 0 amide bonds. The number of fused-ring (bicyclic) bond motifs is 1. The molecule has 3 aromatic rings. The number of hydrogen-bond acceptors (Lipinski definition) is 4. The predicted octanol–water partition coefficient (Wildman–Crippen LogP) is 1.94. The number of aliphatic hydroxyl groups is 1. The van der Waals surface area contributed by atoms with Gasteiger partial charge in [0, 0.05) is 23.7 Å². The number of anilines is 1. The third-order valence-corrected chi connectivity index (χ3v) is 3.48. The molecule has 1 unspecified atom stereocenters. The Labute approximate surface area is 116 Å². The maximum absolute atomic E-state index is 10.4. The maximum Gasteiger partial charge on any atom is 0.127 e. The van der Waals surface area contributed by atoms with E-state index in [1.807, 2.05) is 37.3 Å². The van der Waals surface area contributed by atoms with Gasteiger partial charge in [0.2, 0.25) is 0 Å². The summed E-state index contributed by atoms with van der Waals surface area (Å²) in [4.78, 5) is 4.45. The molecule has 1 aromatic carbocycles. The Bertz CT molecular complexity index is 779. The van der Waals surface area contributed by atoms with E-state index in [0.29, 0.717) is 11.4 Å². The van der Waals surface area contributed by atoms with Gasteiger partial charge in [-0.05, 0) is 30.7 Å². The van der Waals surface area contributed by atoms with Gasteiger partial charge in [0.25, 0.3) is 0 Å². The number of pyridine rings is 1. The molecule has 0 saturated carbocycles. The highest BCUT2D eigenvalue weighted by molar-refractivity contribution is 5.79. The van der Waals surface area contributed by atoms with Gasteiger partial charge in [0.05, 0.1) is 11.7 Å². The first kappa shape index (κ1) is 12.6. The summed E-state index contributed by atoms with van der Waals surface area (Å²) in [5, 5.41) is 15.5. The van der Waals surface area contributed by atoms with Gasteiger partial charge in [-0.25, -0.2) is 0 Å².